The maximum atomic E-state index is 13.7. The number of carbonyl (C=O) groups is 1. The first-order chi connectivity index (χ1) is 28.7. The molecular formula is C56H34O2. The summed E-state index contributed by atoms with van der Waals surface area (Å²) < 4.78 is 5.98. The van der Waals surface area contributed by atoms with E-state index in [4.69, 9.17) is 4.74 Å². The number of para-hydroxylation sites is 1. The molecule has 7 aromatic carbocycles. The van der Waals surface area contributed by atoms with E-state index < -0.39 is 0 Å². The van der Waals surface area contributed by atoms with Crippen LogP contribution in [0.4, 0.5) is 0 Å². The zero-order valence-electron chi connectivity index (χ0n) is 31.8. The number of hydrogen-bond acceptors (Lipinski definition) is 2. The highest BCUT2D eigenvalue weighted by molar-refractivity contribution is 6.40. The van der Waals surface area contributed by atoms with Crippen molar-refractivity contribution in [1.82, 2.24) is 0 Å². The molecule has 270 valence electrons. The standard InChI is InChI=1S/C56H34O2/c57-34(58-33-10-5-2-6-11-33)12-7-13-54(31-8-3-1-4-9-31)55-32-21-29-19-25-17-26-15-23-14-24-16-27-18-28-20-30(22-32)51-41(28)45-39(27)43-36(24)35(23)42-38(26)44-37(25)40(29)52(55)50-48(44)46(42)47(43)49(45)53(50)56(51,54)55/h1-6,8-11,14,16-18,20-21,26,30,38,51-53H,7,12-13,15,19,22H2. The van der Waals surface area contributed by atoms with Crippen LogP contribution in [0.3, 0.4) is 0 Å². The Bertz CT molecular complexity index is 3650. The highest BCUT2D eigenvalue weighted by atomic mass is 16.5. The monoisotopic (exact) mass is 738 g/mol. The normalized spacial score (nSPS) is 36.0. The largest absolute Gasteiger partial charge is 0.427 e. The average Bonchev–Trinajstić information content (AvgIpc) is 3.95. The van der Waals surface area contributed by atoms with Crippen LogP contribution >= 0.6 is 0 Å². The predicted octanol–water partition coefficient (Wildman–Crippen LogP) is 11.1. The van der Waals surface area contributed by atoms with Gasteiger partial charge >= 0.3 is 5.97 Å². The first-order valence-electron chi connectivity index (χ1n) is 22.2. The number of carbonyl (C=O) groups excluding carboxylic acids is 1. The van der Waals surface area contributed by atoms with Crippen LogP contribution in [0.2, 0.25) is 0 Å². The maximum absolute atomic E-state index is 13.7. The summed E-state index contributed by atoms with van der Waals surface area (Å²) in [6.45, 7) is 0. The van der Waals surface area contributed by atoms with Crippen molar-refractivity contribution >= 4 is 60.7 Å². The summed E-state index contributed by atoms with van der Waals surface area (Å²) in [5.74, 6) is 3.36. The maximum Gasteiger partial charge on any atom is 0.311 e. The number of allylic oxidation sites excluding steroid dienone is 10. The Hall–Kier alpha value is -5.73. The molecule has 0 radical (unpaired) electrons. The van der Waals surface area contributed by atoms with Gasteiger partial charge in [0.1, 0.15) is 5.75 Å². The van der Waals surface area contributed by atoms with Crippen molar-refractivity contribution in [3.05, 3.63) is 169 Å². The van der Waals surface area contributed by atoms with Crippen molar-refractivity contribution in [2.24, 2.45) is 28.6 Å². The van der Waals surface area contributed by atoms with Gasteiger partial charge in [0.25, 0.3) is 0 Å². The first-order valence-corrected chi connectivity index (χ1v) is 22.2. The van der Waals surface area contributed by atoms with E-state index in [-0.39, 0.29) is 22.2 Å². The van der Waals surface area contributed by atoms with E-state index in [9.17, 15) is 4.79 Å². The van der Waals surface area contributed by atoms with Gasteiger partial charge in [-0.2, -0.15) is 0 Å². The Morgan fingerprint density at radius 3 is 2.48 bits per heavy atom. The quantitative estimate of drug-likeness (QED) is 0.0965. The number of ether oxygens (including phenoxy) is 1. The van der Waals surface area contributed by atoms with Gasteiger partial charge in [-0.05, 0) is 189 Å². The Balaban J connectivity index is 0.988. The lowest BCUT2D eigenvalue weighted by molar-refractivity contribution is -0.134. The molecule has 2 spiro atoms. The van der Waals surface area contributed by atoms with Crippen LogP contribution in [-0.2, 0) is 16.6 Å². The fourth-order valence-electron chi connectivity index (χ4n) is 19.2. The minimum Gasteiger partial charge on any atom is -0.427 e. The zero-order valence-corrected chi connectivity index (χ0v) is 31.8. The van der Waals surface area contributed by atoms with Gasteiger partial charge in [-0.3, -0.25) is 4.79 Å². The number of benzene rings is 5. The lowest BCUT2D eigenvalue weighted by atomic mass is 9.55. The fraction of sp³-hybridized carbons (Fsp3) is 0.268. The van der Waals surface area contributed by atoms with E-state index in [1.807, 2.05) is 35.9 Å². The van der Waals surface area contributed by atoms with Crippen molar-refractivity contribution in [3.8, 4) is 5.75 Å². The molecule has 0 heterocycles. The van der Waals surface area contributed by atoms with E-state index in [0.717, 1.165) is 25.7 Å². The van der Waals surface area contributed by atoms with Crippen LogP contribution in [0.15, 0.2) is 130 Å². The predicted molar refractivity (Wildman–Crippen MR) is 226 cm³/mol. The third kappa shape index (κ3) is 2.19. The molecule has 0 aromatic heterocycles. The van der Waals surface area contributed by atoms with E-state index in [2.05, 4.69) is 66.8 Å². The molecule has 0 N–H and O–H groups in total. The van der Waals surface area contributed by atoms with Gasteiger partial charge in [-0.1, -0.05) is 78.4 Å². The average molecular weight is 739 g/mol. The third-order valence-electron chi connectivity index (χ3n) is 19.5. The SMILES string of the molecule is O=C(CCCC1(c2ccccc2)C23C4=CC5=C6C7=C8C9=C(C62)C2c6c%10c%11c(cc%12cc%13cc%14c%15c(c9c6c(c%13%15)c%12%10)C8C(C=C7C5)C%14)=CC(C4)C%11C213)Oc1ccccc1. The first kappa shape index (κ1) is 27.8. The van der Waals surface area contributed by atoms with Gasteiger partial charge in [-0.15, -0.1) is 0 Å². The Morgan fingerprint density at radius 1 is 0.741 bits per heavy atom. The van der Waals surface area contributed by atoms with Crippen molar-refractivity contribution < 1.29 is 9.53 Å². The highest BCUT2D eigenvalue weighted by Gasteiger charge is 2.99. The zero-order chi connectivity index (χ0) is 36.7. The van der Waals surface area contributed by atoms with E-state index in [1.54, 1.807) is 99.1 Å². The Kier molecular flexibility index (Phi) is 3.78. The number of hydrogen-bond donors (Lipinski definition) is 0. The lowest BCUT2D eigenvalue weighted by Gasteiger charge is -2.47. The fourth-order valence-corrected chi connectivity index (χ4v) is 19.2. The van der Waals surface area contributed by atoms with Crippen molar-refractivity contribution in [2.75, 3.05) is 0 Å². The summed E-state index contributed by atoms with van der Waals surface area (Å²) in [4.78, 5) is 13.7. The van der Waals surface area contributed by atoms with Crippen LogP contribution in [-0.4, -0.2) is 5.97 Å². The van der Waals surface area contributed by atoms with Crippen LogP contribution in [0, 0.1) is 28.6 Å². The summed E-state index contributed by atoms with van der Waals surface area (Å²) in [6.07, 6.45) is 14.1. The van der Waals surface area contributed by atoms with Crippen molar-refractivity contribution in [3.63, 3.8) is 0 Å². The second kappa shape index (κ2) is 7.87. The molecule has 9 atom stereocenters. The third-order valence-corrected chi connectivity index (χ3v) is 19.5. The molecule has 0 saturated heterocycles. The molecule has 12 aliphatic carbocycles. The van der Waals surface area contributed by atoms with Gasteiger partial charge in [0, 0.05) is 46.3 Å². The van der Waals surface area contributed by atoms with Gasteiger partial charge in [-0.25, -0.2) is 0 Å². The lowest BCUT2D eigenvalue weighted by Crippen LogP contribution is -2.38. The minimum absolute atomic E-state index is 0.0118. The second-order valence-electron chi connectivity index (χ2n) is 20.6. The van der Waals surface area contributed by atoms with Gasteiger partial charge in [0.05, 0.1) is 0 Å². The highest BCUT2D eigenvalue weighted by Crippen LogP contribution is 3.04. The molecule has 0 aliphatic heterocycles. The van der Waals surface area contributed by atoms with Crippen LogP contribution in [0.25, 0.3) is 54.7 Å². The summed E-state index contributed by atoms with van der Waals surface area (Å²) >= 11 is 0. The molecule has 7 aromatic rings. The summed E-state index contributed by atoms with van der Waals surface area (Å²) in [6, 6.07) is 29.5. The molecule has 0 amide bonds. The molecule has 0 bridgehead atoms. The molecule has 3 fully saturated rings. The summed E-state index contributed by atoms with van der Waals surface area (Å²) in [5, 5.41) is 14.4. The molecule has 3 saturated carbocycles. The second-order valence-corrected chi connectivity index (χ2v) is 20.6. The van der Waals surface area contributed by atoms with Crippen LogP contribution in [0.5, 0.6) is 5.75 Å². The minimum atomic E-state index is -0.104. The molecule has 9 unspecified atom stereocenters. The molecule has 12 aliphatic rings. The van der Waals surface area contributed by atoms with Crippen molar-refractivity contribution in [2.45, 2.75) is 61.7 Å². The molecular weight excluding hydrogens is 705 g/mol. The summed E-state index contributed by atoms with van der Waals surface area (Å²) in [5.41, 5.74) is 23.9. The number of rotatable bonds is 6. The smallest absolute Gasteiger partial charge is 0.311 e. The van der Waals surface area contributed by atoms with Crippen LogP contribution < -0.4 is 9.96 Å². The van der Waals surface area contributed by atoms with E-state index in [1.165, 1.54) is 28.0 Å². The van der Waals surface area contributed by atoms with Gasteiger partial charge in [0.15, 0.2) is 0 Å². The Labute approximate surface area is 333 Å². The van der Waals surface area contributed by atoms with Gasteiger partial charge < -0.3 is 4.74 Å². The topological polar surface area (TPSA) is 26.3 Å². The molecule has 2 nitrogen and oxygen atoms in total. The number of esters is 1. The molecule has 2 heteroatoms. The Morgan fingerprint density at radius 2 is 1.59 bits per heavy atom. The molecule has 19 rings (SSSR count). The molecule has 58 heavy (non-hydrogen) atoms. The van der Waals surface area contributed by atoms with E-state index in [0.29, 0.717) is 47.7 Å². The van der Waals surface area contributed by atoms with Gasteiger partial charge in [0.2, 0.25) is 0 Å². The van der Waals surface area contributed by atoms with Crippen molar-refractivity contribution in [1.29, 1.82) is 0 Å². The van der Waals surface area contributed by atoms with E-state index >= 15 is 0 Å². The van der Waals surface area contributed by atoms with Crippen LogP contribution in [0.1, 0.15) is 83.2 Å². The summed E-state index contributed by atoms with van der Waals surface area (Å²) in [7, 11) is 0.